The zero-order chi connectivity index (χ0) is 23.6. The highest BCUT2D eigenvalue weighted by Gasteiger charge is 2.16. The Morgan fingerprint density at radius 3 is 2.55 bits per heavy atom. The molecule has 174 valence electrons. The average molecular weight is 454 g/mol. The first-order valence-corrected chi connectivity index (χ1v) is 10.4. The van der Waals surface area contributed by atoms with Gasteiger partial charge in [0.15, 0.2) is 5.82 Å². The molecular weight excluding hydrogens is 426 g/mol. The Labute approximate surface area is 191 Å². The van der Waals surface area contributed by atoms with Crippen molar-refractivity contribution in [2.24, 2.45) is 0 Å². The molecule has 0 atom stereocenters. The van der Waals surface area contributed by atoms with Gasteiger partial charge in [0.2, 0.25) is 11.9 Å². The quantitative estimate of drug-likeness (QED) is 0.251. The van der Waals surface area contributed by atoms with E-state index in [0.717, 1.165) is 17.0 Å². The van der Waals surface area contributed by atoms with Gasteiger partial charge in [0.1, 0.15) is 11.4 Å². The number of ether oxygens (including phenoxy) is 2. The van der Waals surface area contributed by atoms with Crippen LogP contribution in [0.25, 0.3) is 17.6 Å². The van der Waals surface area contributed by atoms with Gasteiger partial charge in [-0.05, 0) is 37.6 Å². The van der Waals surface area contributed by atoms with E-state index in [1.807, 2.05) is 31.2 Å². The summed E-state index contributed by atoms with van der Waals surface area (Å²) in [5.74, 6) is 1.24. The molecule has 0 aliphatic heterocycles. The minimum Gasteiger partial charge on any atom is -0.497 e. The van der Waals surface area contributed by atoms with E-state index in [1.165, 1.54) is 6.08 Å². The molecule has 0 aliphatic rings. The van der Waals surface area contributed by atoms with E-state index in [4.69, 9.17) is 14.6 Å². The second-order valence-corrected chi connectivity index (χ2v) is 6.85. The molecule has 3 aromatic rings. The molecular formula is C22H27N7O4. The number of carbonyl (C=O) groups excluding carboxylic acids is 1. The summed E-state index contributed by atoms with van der Waals surface area (Å²) in [7, 11) is 1.62. The second-order valence-electron chi connectivity index (χ2n) is 6.85. The normalized spacial score (nSPS) is 10.9. The number of nitrogens with one attached hydrogen (secondary N) is 3. The zero-order valence-electron chi connectivity index (χ0n) is 18.8. The number of benzene rings is 1. The third-order valence-corrected chi connectivity index (χ3v) is 4.52. The lowest BCUT2D eigenvalue weighted by Crippen LogP contribution is -2.13. The van der Waals surface area contributed by atoms with Crippen molar-refractivity contribution in [3.63, 3.8) is 0 Å². The number of aromatic nitrogens is 5. The van der Waals surface area contributed by atoms with Gasteiger partial charge in [-0.3, -0.25) is 5.10 Å². The van der Waals surface area contributed by atoms with Crippen molar-refractivity contribution >= 4 is 23.9 Å². The molecule has 0 bridgehead atoms. The van der Waals surface area contributed by atoms with Crippen LogP contribution in [0.2, 0.25) is 0 Å². The molecule has 3 rings (SSSR count). The molecule has 11 heteroatoms. The maximum Gasteiger partial charge on any atom is 0.330 e. The molecule has 2 aromatic heterocycles. The lowest BCUT2D eigenvalue weighted by molar-refractivity contribution is -0.137. The molecule has 0 saturated heterocycles. The molecule has 2 heterocycles. The SMILES string of the molecule is CCOC(=O)/C=C/c1c(-c2nc(NCCO)nc(NCc3ccc(OC)cc3)n2)n[nH]c1C. The van der Waals surface area contributed by atoms with Crippen LogP contribution in [0.1, 0.15) is 23.7 Å². The Balaban J connectivity index is 1.89. The standard InChI is InChI=1S/C22H27N7O4/c1-4-33-18(31)10-9-17-14(2)28-29-19(17)20-25-21(23-11-12-30)27-22(26-20)24-13-15-5-7-16(32-3)8-6-15/h5-10,30H,4,11-13H2,1-3H3,(H,28,29)(H2,23,24,25,26,27)/b10-9+. The maximum absolute atomic E-state index is 11.8. The highest BCUT2D eigenvalue weighted by atomic mass is 16.5. The first-order chi connectivity index (χ1) is 16.0. The number of aliphatic hydroxyl groups is 1. The number of anilines is 2. The molecule has 0 unspecified atom stereocenters. The van der Waals surface area contributed by atoms with Crippen molar-refractivity contribution in [1.29, 1.82) is 0 Å². The van der Waals surface area contributed by atoms with Gasteiger partial charge in [0.05, 0.1) is 20.3 Å². The van der Waals surface area contributed by atoms with E-state index in [2.05, 4.69) is 35.8 Å². The summed E-state index contributed by atoms with van der Waals surface area (Å²) in [5, 5.41) is 22.5. The summed E-state index contributed by atoms with van der Waals surface area (Å²) in [5.41, 5.74) is 2.86. The summed E-state index contributed by atoms with van der Waals surface area (Å²) < 4.78 is 10.1. The van der Waals surface area contributed by atoms with Gasteiger partial charge in [-0.15, -0.1) is 0 Å². The summed E-state index contributed by atoms with van der Waals surface area (Å²) in [6.45, 7) is 4.53. The largest absolute Gasteiger partial charge is 0.497 e. The lowest BCUT2D eigenvalue weighted by atomic mass is 10.1. The van der Waals surface area contributed by atoms with Gasteiger partial charge >= 0.3 is 5.97 Å². The molecule has 11 nitrogen and oxygen atoms in total. The van der Waals surface area contributed by atoms with Crippen molar-refractivity contribution in [3.05, 3.63) is 47.2 Å². The predicted molar refractivity (Wildman–Crippen MR) is 124 cm³/mol. The number of hydrogen-bond acceptors (Lipinski definition) is 10. The van der Waals surface area contributed by atoms with Gasteiger partial charge in [0, 0.05) is 30.4 Å². The molecule has 1 aromatic carbocycles. The molecule has 0 fully saturated rings. The van der Waals surface area contributed by atoms with Gasteiger partial charge in [0.25, 0.3) is 0 Å². The van der Waals surface area contributed by atoms with Gasteiger partial charge in [-0.25, -0.2) is 4.79 Å². The summed E-state index contributed by atoms with van der Waals surface area (Å²) in [4.78, 5) is 25.0. The van der Waals surface area contributed by atoms with E-state index in [0.29, 0.717) is 29.6 Å². The monoisotopic (exact) mass is 453 g/mol. The van der Waals surface area contributed by atoms with Gasteiger partial charge < -0.3 is 25.2 Å². The molecule has 0 aliphatic carbocycles. The van der Waals surface area contributed by atoms with Crippen LogP contribution in [-0.2, 0) is 16.1 Å². The topological polar surface area (TPSA) is 147 Å². The number of nitrogens with zero attached hydrogens (tertiary/aromatic N) is 4. The molecule has 33 heavy (non-hydrogen) atoms. The van der Waals surface area contributed by atoms with E-state index in [-0.39, 0.29) is 25.7 Å². The van der Waals surface area contributed by atoms with Crippen LogP contribution >= 0.6 is 0 Å². The lowest BCUT2D eigenvalue weighted by Gasteiger charge is -2.10. The van der Waals surface area contributed by atoms with Crippen LogP contribution < -0.4 is 15.4 Å². The number of rotatable bonds is 11. The summed E-state index contributed by atoms with van der Waals surface area (Å²) in [6.07, 6.45) is 2.95. The number of esters is 1. The summed E-state index contributed by atoms with van der Waals surface area (Å²) in [6, 6.07) is 7.62. The number of aliphatic hydroxyl groups excluding tert-OH is 1. The Morgan fingerprint density at radius 1 is 1.15 bits per heavy atom. The molecule has 0 spiro atoms. The third-order valence-electron chi connectivity index (χ3n) is 4.52. The minimum atomic E-state index is -0.452. The molecule has 4 N–H and O–H groups in total. The number of H-pyrrole nitrogens is 1. The summed E-state index contributed by atoms with van der Waals surface area (Å²) >= 11 is 0. The van der Waals surface area contributed by atoms with Crippen molar-refractivity contribution < 1.29 is 19.4 Å². The Morgan fingerprint density at radius 2 is 1.88 bits per heavy atom. The Bertz CT molecular complexity index is 1100. The fourth-order valence-corrected chi connectivity index (χ4v) is 2.89. The van der Waals surface area contributed by atoms with Crippen LogP contribution in [0, 0.1) is 6.92 Å². The Kier molecular flexibility index (Phi) is 8.30. The van der Waals surface area contributed by atoms with E-state index in [9.17, 15) is 4.79 Å². The molecule has 0 radical (unpaired) electrons. The highest BCUT2D eigenvalue weighted by molar-refractivity contribution is 5.88. The minimum absolute atomic E-state index is 0.0787. The van der Waals surface area contributed by atoms with Crippen molar-refractivity contribution in [2.45, 2.75) is 20.4 Å². The van der Waals surface area contributed by atoms with E-state index >= 15 is 0 Å². The molecule has 0 amide bonds. The maximum atomic E-state index is 11.8. The van der Waals surface area contributed by atoms with Crippen LogP contribution in [0.5, 0.6) is 5.75 Å². The van der Waals surface area contributed by atoms with Crippen LogP contribution in [0.15, 0.2) is 30.3 Å². The predicted octanol–water partition coefficient (Wildman–Crippen LogP) is 2.17. The van der Waals surface area contributed by atoms with Crippen molar-refractivity contribution in [3.8, 4) is 17.3 Å². The van der Waals surface area contributed by atoms with Crippen LogP contribution in [0.3, 0.4) is 0 Å². The fourth-order valence-electron chi connectivity index (χ4n) is 2.89. The average Bonchev–Trinajstić information content (AvgIpc) is 3.20. The fraction of sp³-hybridized carbons (Fsp3) is 0.318. The molecule has 0 saturated carbocycles. The third kappa shape index (κ3) is 6.50. The van der Waals surface area contributed by atoms with Gasteiger partial charge in [-0.2, -0.15) is 20.1 Å². The van der Waals surface area contributed by atoms with Gasteiger partial charge in [-0.1, -0.05) is 12.1 Å². The first-order valence-electron chi connectivity index (χ1n) is 10.4. The van der Waals surface area contributed by atoms with Crippen molar-refractivity contribution in [2.75, 3.05) is 37.5 Å². The second kappa shape index (κ2) is 11.6. The smallest absolute Gasteiger partial charge is 0.330 e. The number of hydrogen-bond donors (Lipinski definition) is 4. The Hall–Kier alpha value is -3.99. The van der Waals surface area contributed by atoms with Crippen LogP contribution in [0.4, 0.5) is 11.9 Å². The number of carbonyl (C=O) groups is 1. The van der Waals surface area contributed by atoms with E-state index in [1.54, 1.807) is 20.1 Å². The number of aromatic amines is 1. The number of aryl methyl sites for hydroxylation is 1. The van der Waals surface area contributed by atoms with Crippen molar-refractivity contribution in [1.82, 2.24) is 25.1 Å². The number of methoxy groups -OCH3 is 1. The first kappa shape index (κ1) is 23.7. The van der Waals surface area contributed by atoms with E-state index < -0.39 is 5.97 Å². The zero-order valence-corrected chi connectivity index (χ0v) is 18.8. The highest BCUT2D eigenvalue weighted by Crippen LogP contribution is 2.24. The van der Waals surface area contributed by atoms with Crippen LogP contribution in [-0.4, -0.2) is 63.1 Å².